The maximum Gasteiger partial charge on any atom is 0.323 e. The molecule has 0 bridgehead atoms. The number of carboxylic acids is 1. The summed E-state index contributed by atoms with van der Waals surface area (Å²) in [5.74, 6) is -1.28. The molecule has 2 unspecified atom stereocenters. The van der Waals surface area contributed by atoms with Crippen LogP contribution in [0.15, 0.2) is 72.8 Å². The number of methoxy groups -OCH3 is 1. The van der Waals surface area contributed by atoms with Crippen LogP contribution in [0.2, 0.25) is 10.0 Å². The quantitative estimate of drug-likeness (QED) is 0.0975. The van der Waals surface area contributed by atoms with Crippen molar-refractivity contribution >= 4 is 46.0 Å². The van der Waals surface area contributed by atoms with Gasteiger partial charge >= 0.3 is 5.97 Å². The highest BCUT2D eigenvalue weighted by molar-refractivity contribution is 6.36. The fourth-order valence-electron chi connectivity index (χ4n) is 6.22. The number of aliphatic hydroxyl groups is 1. The Hall–Kier alpha value is -4.52. The number of ether oxygens (including phenoxy) is 1. The van der Waals surface area contributed by atoms with Gasteiger partial charge in [0.1, 0.15) is 11.8 Å². The molecule has 260 valence electrons. The van der Waals surface area contributed by atoms with Gasteiger partial charge in [-0.15, -0.1) is 5.10 Å². The Morgan fingerprint density at radius 3 is 2.50 bits per heavy atom. The summed E-state index contributed by atoms with van der Waals surface area (Å²) in [5.41, 5.74) is 5.84. The number of hydrogen-bond donors (Lipinski definition) is 5. The number of amides is 1. The largest absolute Gasteiger partial charge is 0.496 e. The lowest BCUT2D eigenvalue weighted by Gasteiger charge is -2.16. The van der Waals surface area contributed by atoms with Gasteiger partial charge in [-0.3, -0.25) is 19.6 Å². The smallest absolute Gasteiger partial charge is 0.323 e. The van der Waals surface area contributed by atoms with Gasteiger partial charge < -0.3 is 25.6 Å². The normalized spacial score (nSPS) is 15.0. The van der Waals surface area contributed by atoms with Crippen molar-refractivity contribution in [1.82, 2.24) is 25.7 Å². The van der Waals surface area contributed by atoms with E-state index in [1.54, 1.807) is 18.2 Å². The second-order valence-electron chi connectivity index (χ2n) is 12.2. The number of carboxylic acid groups (broad SMARTS) is 1. The summed E-state index contributed by atoms with van der Waals surface area (Å²) in [6.07, 6.45) is 1.43. The topological polar surface area (TPSA) is 138 Å². The Labute approximate surface area is 298 Å². The highest BCUT2D eigenvalue weighted by Crippen LogP contribution is 2.40. The van der Waals surface area contributed by atoms with E-state index in [-0.39, 0.29) is 25.0 Å². The summed E-state index contributed by atoms with van der Waals surface area (Å²) in [5, 5.41) is 33.1. The molecule has 1 fully saturated rings. The van der Waals surface area contributed by atoms with Crippen molar-refractivity contribution in [2.75, 3.05) is 20.3 Å². The van der Waals surface area contributed by atoms with Crippen LogP contribution in [0.5, 0.6) is 5.75 Å². The molecular weight excluding hydrogens is 684 g/mol. The van der Waals surface area contributed by atoms with E-state index in [0.29, 0.717) is 68.5 Å². The highest BCUT2D eigenvalue weighted by atomic mass is 35.5. The molecule has 0 radical (unpaired) electrons. The molecule has 0 saturated carbocycles. The van der Waals surface area contributed by atoms with Gasteiger partial charge in [0.2, 0.25) is 11.9 Å². The zero-order valence-electron chi connectivity index (χ0n) is 27.2. The van der Waals surface area contributed by atoms with Crippen LogP contribution in [0.3, 0.4) is 0 Å². The predicted octanol–water partition coefficient (Wildman–Crippen LogP) is 5.78. The first-order chi connectivity index (χ1) is 24.2. The number of aliphatic carboxylic acids is 1. The average molecular weight is 721 g/mol. The summed E-state index contributed by atoms with van der Waals surface area (Å²) in [7, 11) is 1.48. The third-order valence-corrected chi connectivity index (χ3v) is 9.64. The van der Waals surface area contributed by atoms with Crippen LogP contribution < -0.4 is 20.7 Å². The molecule has 0 aliphatic carbocycles. The van der Waals surface area contributed by atoms with E-state index in [9.17, 15) is 19.8 Å². The third kappa shape index (κ3) is 7.62. The van der Waals surface area contributed by atoms with Gasteiger partial charge in [0.25, 0.3) is 0 Å². The Balaban J connectivity index is 1.23. The summed E-state index contributed by atoms with van der Waals surface area (Å²) < 4.78 is 22.8. The molecule has 1 amide bonds. The van der Waals surface area contributed by atoms with Gasteiger partial charge in [0.15, 0.2) is 0 Å². The molecule has 1 aromatic heterocycles. The minimum atomic E-state index is -1.18. The van der Waals surface area contributed by atoms with Crippen molar-refractivity contribution < 1.29 is 28.9 Å². The summed E-state index contributed by atoms with van der Waals surface area (Å²) >= 11 is 13.7. The van der Waals surface area contributed by atoms with Gasteiger partial charge in [0.05, 0.1) is 36.2 Å². The predicted molar refractivity (Wildman–Crippen MR) is 191 cm³/mol. The number of carbonyl (C=O) groups excluding carboxylic acids is 1. The van der Waals surface area contributed by atoms with Crippen LogP contribution in [-0.4, -0.2) is 64.2 Å². The summed E-state index contributed by atoms with van der Waals surface area (Å²) in [6, 6.07) is 21.6. The number of aliphatic hydroxyl groups excluding tert-OH is 1. The van der Waals surface area contributed by atoms with Crippen LogP contribution >= 0.6 is 23.2 Å². The number of benzene rings is 4. The SMILES string of the molecule is COc1cc(Cn2nc(F)c3c(-c4cccc(-c5ccc(CNCC6CCC(=O)N6)cc5)c4Cl)cccc32)c(Cl)cc1CNC(CO)C(=O)O. The first kappa shape index (κ1) is 35.3. The van der Waals surface area contributed by atoms with E-state index in [1.807, 2.05) is 54.6 Å². The van der Waals surface area contributed by atoms with Crippen LogP contribution in [0.4, 0.5) is 4.39 Å². The number of carbonyl (C=O) groups is 2. The lowest BCUT2D eigenvalue weighted by atomic mass is 9.96. The minimum absolute atomic E-state index is 0.0902. The van der Waals surface area contributed by atoms with E-state index >= 15 is 4.39 Å². The summed E-state index contributed by atoms with van der Waals surface area (Å²) in [6.45, 7) is 1.03. The first-order valence-corrected chi connectivity index (χ1v) is 16.9. The Kier molecular flexibility index (Phi) is 11.0. The van der Waals surface area contributed by atoms with Gasteiger partial charge in [0, 0.05) is 53.8 Å². The zero-order chi connectivity index (χ0) is 35.4. The van der Waals surface area contributed by atoms with Crippen molar-refractivity contribution in [2.45, 2.75) is 44.6 Å². The Morgan fingerprint density at radius 2 is 1.80 bits per heavy atom. The van der Waals surface area contributed by atoms with E-state index in [1.165, 1.54) is 11.8 Å². The molecule has 5 N–H and O–H groups in total. The molecule has 1 aliphatic rings. The number of nitrogens with zero attached hydrogens (tertiary/aromatic N) is 2. The number of nitrogens with one attached hydrogen (secondary N) is 3. The number of rotatable bonds is 14. The van der Waals surface area contributed by atoms with Crippen molar-refractivity contribution in [3.63, 3.8) is 0 Å². The Bertz CT molecular complexity index is 2040. The molecule has 13 heteroatoms. The summed E-state index contributed by atoms with van der Waals surface area (Å²) in [4.78, 5) is 22.7. The maximum atomic E-state index is 15.7. The molecule has 5 aromatic rings. The van der Waals surface area contributed by atoms with Gasteiger partial charge in [-0.25, -0.2) is 0 Å². The van der Waals surface area contributed by atoms with Crippen molar-refractivity contribution in [2.24, 2.45) is 0 Å². The number of hydrogen-bond acceptors (Lipinski definition) is 7. The second-order valence-corrected chi connectivity index (χ2v) is 12.9. The van der Waals surface area contributed by atoms with E-state index in [4.69, 9.17) is 27.9 Å². The highest BCUT2D eigenvalue weighted by Gasteiger charge is 2.22. The fourth-order valence-corrected chi connectivity index (χ4v) is 6.81. The van der Waals surface area contributed by atoms with E-state index in [2.05, 4.69) is 21.0 Å². The fraction of sp³-hybridized carbons (Fsp3) is 0.270. The molecule has 4 aromatic carbocycles. The van der Waals surface area contributed by atoms with Crippen molar-refractivity contribution in [1.29, 1.82) is 0 Å². The van der Waals surface area contributed by atoms with Crippen LogP contribution in [0, 0.1) is 5.95 Å². The van der Waals surface area contributed by atoms with Gasteiger partial charge in [-0.05, 0) is 46.9 Å². The maximum absolute atomic E-state index is 15.7. The standard InChI is InChI=1S/C37H36Cl2FN5O5/c1-50-32-15-24(29(38)14-23(32)17-42-30(20-46)37(48)49)19-45-31-7-3-5-27(34(31)36(40)44-45)28-6-2-4-26(35(28)39)22-10-8-21(9-11-22)16-41-18-25-12-13-33(47)43-25/h2-11,14-15,25,30,41-42,46H,12-13,16-20H2,1H3,(H,43,47)(H,48,49). The average Bonchev–Trinajstić information content (AvgIpc) is 3.67. The zero-order valence-corrected chi connectivity index (χ0v) is 28.7. The monoisotopic (exact) mass is 719 g/mol. The molecule has 1 aliphatic heterocycles. The third-order valence-electron chi connectivity index (χ3n) is 8.88. The number of fused-ring (bicyclic) bond motifs is 1. The number of halogens is 3. The minimum Gasteiger partial charge on any atom is -0.496 e. The molecule has 0 spiro atoms. The molecule has 2 atom stereocenters. The van der Waals surface area contributed by atoms with E-state index in [0.717, 1.165) is 23.1 Å². The molecule has 2 heterocycles. The molecular formula is C37H36Cl2FN5O5. The molecule has 1 saturated heterocycles. The molecule has 6 rings (SSSR count). The second kappa shape index (κ2) is 15.6. The first-order valence-electron chi connectivity index (χ1n) is 16.1. The molecule has 10 nitrogen and oxygen atoms in total. The van der Waals surface area contributed by atoms with Crippen molar-refractivity contribution in [3.8, 4) is 28.0 Å². The van der Waals surface area contributed by atoms with Crippen LogP contribution in [0.1, 0.15) is 29.5 Å². The van der Waals surface area contributed by atoms with Crippen molar-refractivity contribution in [3.05, 3.63) is 105 Å². The lowest BCUT2D eigenvalue weighted by Crippen LogP contribution is -2.39. The van der Waals surface area contributed by atoms with Gasteiger partial charge in [-0.2, -0.15) is 4.39 Å². The van der Waals surface area contributed by atoms with Gasteiger partial charge in [-0.1, -0.05) is 77.8 Å². The molecule has 50 heavy (non-hydrogen) atoms. The van der Waals surface area contributed by atoms with Crippen LogP contribution in [0.25, 0.3) is 33.2 Å². The lowest BCUT2D eigenvalue weighted by molar-refractivity contribution is -0.140. The Morgan fingerprint density at radius 1 is 1.06 bits per heavy atom. The van der Waals surface area contributed by atoms with Crippen LogP contribution in [-0.2, 0) is 29.2 Å². The number of aromatic nitrogens is 2. The van der Waals surface area contributed by atoms with E-state index < -0.39 is 24.6 Å².